The molecule has 0 radical (unpaired) electrons. The first-order valence-corrected chi connectivity index (χ1v) is 24.0. The van der Waals surface area contributed by atoms with Crippen LogP contribution in [0.1, 0.15) is 24.8 Å². The van der Waals surface area contributed by atoms with Gasteiger partial charge in [-0.15, -0.1) is 0 Å². The number of anilines is 1. The van der Waals surface area contributed by atoms with Gasteiger partial charge in [0, 0.05) is 112 Å². The van der Waals surface area contributed by atoms with E-state index in [9.17, 15) is 37.1 Å². The number of nitrogens with one attached hydrogen (secondary N) is 3. The number of hydrogen-bond donors (Lipinski definition) is 3. The Morgan fingerprint density at radius 3 is 1.96 bits per heavy atom. The summed E-state index contributed by atoms with van der Waals surface area (Å²) in [7, 11) is 1.41. The molecular weight excluding hydrogens is 954 g/mol. The summed E-state index contributed by atoms with van der Waals surface area (Å²) in [5, 5.41) is 10.0. The number of carbonyl (C=O) groups excluding carboxylic acids is 4. The van der Waals surface area contributed by atoms with E-state index in [0.29, 0.717) is 48.2 Å². The molecule has 18 nitrogen and oxygen atoms in total. The summed E-state index contributed by atoms with van der Waals surface area (Å²) in [6.07, 6.45) is -1.22. The number of fused-ring (bicyclic) bond motifs is 4. The molecule has 0 unspecified atom stereocenters. The maximum absolute atomic E-state index is 14.9. The number of alkyl halides is 3. The van der Waals surface area contributed by atoms with Crippen molar-refractivity contribution in [3.63, 3.8) is 0 Å². The molecule has 73 heavy (non-hydrogen) atoms. The van der Waals surface area contributed by atoms with Gasteiger partial charge in [-0.2, -0.15) is 13.2 Å². The summed E-state index contributed by atoms with van der Waals surface area (Å²) in [6, 6.07) is 22.3. The number of carbonyl (C=O) groups is 4. The predicted molar refractivity (Wildman–Crippen MR) is 267 cm³/mol. The molecule has 0 bridgehead atoms. The smallest absolute Gasteiger partial charge is 0.379 e. The number of ether oxygens (including phenoxy) is 5. The fourth-order valence-electron chi connectivity index (χ4n) is 8.27. The molecule has 3 aromatic heterocycles. The Balaban J connectivity index is 0.793. The van der Waals surface area contributed by atoms with Crippen molar-refractivity contribution in [3.05, 3.63) is 107 Å². The van der Waals surface area contributed by atoms with Gasteiger partial charge in [0.15, 0.2) is 0 Å². The fraction of sp³-hybridized carbons (Fsp3) is 0.404. The van der Waals surface area contributed by atoms with Crippen molar-refractivity contribution >= 4 is 62.0 Å². The number of aromatic nitrogens is 3. The maximum atomic E-state index is 14.9. The van der Waals surface area contributed by atoms with Gasteiger partial charge in [-0.1, -0.05) is 24.3 Å². The molecule has 0 aliphatic carbocycles. The van der Waals surface area contributed by atoms with Crippen LogP contribution in [0.3, 0.4) is 0 Å². The van der Waals surface area contributed by atoms with Crippen LogP contribution in [0.15, 0.2) is 96.1 Å². The number of methoxy groups -OCH3 is 1. The highest BCUT2D eigenvalue weighted by Gasteiger charge is 2.36. The maximum Gasteiger partial charge on any atom is 0.418 e. The Kier molecular flexibility index (Phi) is 19.6. The zero-order valence-corrected chi connectivity index (χ0v) is 40.5. The van der Waals surface area contributed by atoms with E-state index in [2.05, 4.69) is 25.9 Å². The number of amides is 4. The van der Waals surface area contributed by atoms with Gasteiger partial charge in [-0.05, 0) is 54.1 Å². The SMILES string of the molecule is COCC(=O)NCCNC(=O)CCC(=O)NCCOCCOCCOCCOCCC(=O)N1CCN(c2ccc(-n3c(=O)ccc4cnc5ccc(-c6cnc7ccccc7c6)cc5c43)cc2C(F)(F)F)CC1. The highest BCUT2D eigenvalue weighted by Crippen LogP contribution is 2.39. The van der Waals surface area contributed by atoms with Crippen LogP contribution in [0.5, 0.6) is 0 Å². The van der Waals surface area contributed by atoms with Crippen LogP contribution in [-0.4, -0.2) is 155 Å². The van der Waals surface area contributed by atoms with Gasteiger partial charge >= 0.3 is 6.18 Å². The molecule has 3 aromatic carbocycles. The molecule has 1 fully saturated rings. The molecule has 6 aromatic rings. The summed E-state index contributed by atoms with van der Waals surface area (Å²) in [6.45, 7) is 3.80. The van der Waals surface area contributed by atoms with E-state index >= 15 is 0 Å². The number of benzene rings is 3. The molecule has 4 heterocycles. The number of halogens is 3. The molecule has 1 aliphatic heterocycles. The Labute approximate surface area is 419 Å². The van der Waals surface area contributed by atoms with Crippen molar-refractivity contribution in [2.75, 3.05) is 117 Å². The van der Waals surface area contributed by atoms with Gasteiger partial charge in [-0.25, -0.2) is 0 Å². The van der Waals surface area contributed by atoms with Crippen LogP contribution in [0.4, 0.5) is 18.9 Å². The van der Waals surface area contributed by atoms with E-state index < -0.39 is 17.3 Å². The normalized spacial score (nSPS) is 12.9. The number of para-hydroxylation sites is 1. The zero-order chi connectivity index (χ0) is 51.6. The largest absolute Gasteiger partial charge is 0.418 e. The van der Waals surface area contributed by atoms with Gasteiger partial charge in [0.1, 0.15) is 6.61 Å². The van der Waals surface area contributed by atoms with E-state index in [1.807, 2.05) is 48.5 Å². The van der Waals surface area contributed by atoms with Crippen molar-refractivity contribution in [1.82, 2.24) is 35.4 Å². The highest BCUT2D eigenvalue weighted by molar-refractivity contribution is 6.05. The third kappa shape index (κ3) is 15.2. The minimum Gasteiger partial charge on any atom is -0.379 e. The molecule has 388 valence electrons. The summed E-state index contributed by atoms with van der Waals surface area (Å²) in [5.41, 5.74) is 2.13. The molecule has 0 saturated carbocycles. The van der Waals surface area contributed by atoms with E-state index in [0.717, 1.165) is 28.1 Å². The molecule has 4 amide bonds. The number of piperazine rings is 1. The Morgan fingerprint density at radius 2 is 1.26 bits per heavy atom. The predicted octanol–water partition coefficient (Wildman–Crippen LogP) is 4.65. The quantitative estimate of drug-likeness (QED) is 0.0501. The van der Waals surface area contributed by atoms with Crippen molar-refractivity contribution in [3.8, 4) is 16.8 Å². The summed E-state index contributed by atoms with van der Waals surface area (Å²) in [5.74, 6) is -1.02. The molecule has 0 spiro atoms. The topological polar surface area (TPSA) is 205 Å². The van der Waals surface area contributed by atoms with Gasteiger partial charge in [0.25, 0.3) is 5.56 Å². The molecule has 3 N–H and O–H groups in total. The number of nitrogens with zero attached hydrogens (tertiary/aromatic N) is 5. The van der Waals surface area contributed by atoms with Gasteiger partial charge in [0.05, 0.1) is 87.1 Å². The van der Waals surface area contributed by atoms with Crippen LogP contribution in [0.2, 0.25) is 0 Å². The van der Waals surface area contributed by atoms with Crippen LogP contribution in [0.25, 0.3) is 49.5 Å². The van der Waals surface area contributed by atoms with Crippen LogP contribution < -0.4 is 26.4 Å². The van der Waals surface area contributed by atoms with Crippen molar-refractivity contribution < 1.29 is 56.0 Å². The Bertz CT molecular complexity index is 2910. The first kappa shape index (κ1) is 53.8. The lowest BCUT2D eigenvalue weighted by Crippen LogP contribution is -2.49. The standard InChI is InChI=1S/C52H59F3N8O10/c1-69-35-48(66)57-16-15-56-46(64)11-12-47(65)58-17-23-71-25-27-73-29-28-72-26-24-70-22-14-49(67)62-20-18-61(19-21-62)45-10-8-40(32-42(45)52(53,54)55)63-50(68)13-7-38-33-60-44-9-6-36(31-41(44)51(38)63)39-30-37-4-2-3-5-43(37)59-34-39/h2-10,13,30-34H,11-12,14-29,35H2,1H3,(H,56,64)(H,57,66)(H,58,65). The van der Waals surface area contributed by atoms with Crippen molar-refractivity contribution in [2.45, 2.75) is 25.4 Å². The van der Waals surface area contributed by atoms with E-state index in [1.165, 1.54) is 29.9 Å². The van der Waals surface area contributed by atoms with Gasteiger partial charge in [-0.3, -0.25) is 38.5 Å². The number of pyridine rings is 3. The molecule has 1 saturated heterocycles. The lowest BCUT2D eigenvalue weighted by molar-refractivity contribution is -0.137. The molecule has 0 atom stereocenters. The second kappa shape index (κ2) is 26.6. The number of hydrogen-bond acceptors (Lipinski definition) is 13. The third-order valence-electron chi connectivity index (χ3n) is 11.9. The van der Waals surface area contributed by atoms with Crippen molar-refractivity contribution in [1.29, 1.82) is 0 Å². The lowest BCUT2D eigenvalue weighted by atomic mass is 10.0. The van der Waals surface area contributed by atoms with Crippen molar-refractivity contribution in [2.24, 2.45) is 0 Å². The summed E-state index contributed by atoms with van der Waals surface area (Å²) < 4.78 is 72.8. The zero-order valence-electron chi connectivity index (χ0n) is 40.5. The summed E-state index contributed by atoms with van der Waals surface area (Å²) in [4.78, 5) is 74.2. The highest BCUT2D eigenvalue weighted by atomic mass is 19.4. The van der Waals surface area contributed by atoms with E-state index in [4.69, 9.17) is 23.7 Å². The Morgan fingerprint density at radius 1 is 0.616 bits per heavy atom. The molecule has 7 rings (SSSR count). The minimum absolute atomic E-state index is 0.0219. The van der Waals surface area contributed by atoms with Crippen LogP contribution in [-0.2, 0) is 49.0 Å². The van der Waals surface area contributed by atoms with Crippen LogP contribution >= 0.6 is 0 Å². The average molecular weight is 1010 g/mol. The van der Waals surface area contributed by atoms with E-state index in [-0.39, 0.29) is 133 Å². The van der Waals surface area contributed by atoms with Gasteiger partial charge in [0.2, 0.25) is 23.6 Å². The van der Waals surface area contributed by atoms with Gasteiger partial charge < -0.3 is 49.4 Å². The minimum atomic E-state index is -4.75. The molecular formula is C52H59F3N8O10. The second-order valence-corrected chi connectivity index (χ2v) is 17.0. The van der Waals surface area contributed by atoms with Crippen LogP contribution in [0, 0.1) is 0 Å². The molecule has 21 heteroatoms. The average Bonchev–Trinajstić information content (AvgIpc) is 3.39. The fourth-order valence-corrected chi connectivity index (χ4v) is 8.27. The Hall–Kier alpha value is -7.04. The summed E-state index contributed by atoms with van der Waals surface area (Å²) >= 11 is 0. The monoisotopic (exact) mass is 1010 g/mol. The van der Waals surface area contributed by atoms with E-state index in [1.54, 1.807) is 28.3 Å². The third-order valence-corrected chi connectivity index (χ3v) is 11.9. The second-order valence-electron chi connectivity index (χ2n) is 17.0. The number of rotatable bonds is 26. The molecule has 1 aliphatic rings. The lowest BCUT2D eigenvalue weighted by Gasteiger charge is -2.37. The first-order valence-electron chi connectivity index (χ1n) is 24.0. The first-order chi connectivity index (χ1) is 35.4.